The average Bonchev–Trinajstić information content (AvgIpc) is 2.86. The third-order valence-corrected chi connectivity index (χ3v) is 8.11. The number of carbonyl (C=O) groups excluding carboxylic acids is 2. The number of halogens is 1. The maximum atomic E-state index is 13.8. The first kappa shape index (κ1) is 27.4. The molecule has 0 aliphatic rings. The highest BCUT2D eigenvalue weighted by Crippen LogP contribution is 2.27. The summed E-state index contributed by atoms with van der Waals surface area (Å²) in [5, 5.41) is 2.76. The average molecular weight is 573 g/mol. The zero-order valence-electron chi connectivity index (χ0n) is 20.5. The molecule has 1 atom stereocenters. The summed E-state index contributed by atoms with van der Waals surface area (Å²) in [5.41, 5.74) is 2.18. The molecule has 0 spiro atoms. The Morgan fingerprint density at radius 2 is 1.64 bits per heavy atom. The highest BCUT2D eigenvalue weighted by molar-refractivity contribution is 9.10. The smallest absolute Gasteiger partial charge is 0.264 e. The number of amides is 2. The highest BCUT2D eigenvalue weighted by atomic mass is 79.9. The predicted octanol–water partition coefficient (Wildman–Crippen LogP) is 4.51. The fraction of sp³-hybridized carbons (Fsp3) is 0.259. The second kappa shape index (κ2) is 12.2. The molecule has 0 saturated carbocycles. The van der Waals surface area contributed by atoms with E-state index in [1.807, 2.05) is 31.2 Å². The molecule has 2 amide bonds. The molecular formula is C27H30BrN3O4S. The first-order chi connectivity index (χ1) is 17.1. The van der Waals surface area contributed by atoms with Gasteiger partial charge in [-0.3, -0.25) is 13.9 Å². The van der Waals surface area contributed by atoms with Crippen LogP contribution in [0.3, 0.4) is 0 Å². The Bertz CT molecular complexity index is 1320. The number of hydrogen-bond donors (Lipinski definition) is 1. The number of benzene rings is 3. The Kier molecular flexibility index (Phi) is 9.28. The minimum Gasteiger partial charge on any atom is -0.355 e. The van der Waals surface area contributed by atoms with Gasteiger partial charge >= 0.3 is 0 Å². The zero-order valence-corrected chi connectivity index (χ0v) is 22.9. The molecule has 0 aromatic heterocycles. The molecule has 3 rings (SSSR count). The molecule has 0 radical (unpaired) electrons. The van der Waals surface area contributed by atoms with E-state index in [2.05, 4.69) is 21.2 Å². The van der Waals surface area contributed by atoms with Crippen molar-refractivity contribution >= 4 is 43.5 Å². The summed E-state index contributed by atoms with van der Waals surface area (Å²) >= 11 is 3.39. The lowest BCUT2D eigenvalue weighted by atomic mass is 10.1. The maximum Gasteiger partial charge on any atom is 0.264 e. The normalized spacial score (nSPS) is 12.0. The number of likely N-dealkylation sites (N-methyl/N-ethyl adjacent to an activating group) is 1. The molecule has 0 unspecified atom stereocenters. The summed E-state index contributed by atoms with van der Waals surface area (Å²) in [7, 11) is -4.07. The van der Waals surface area contributed by atoms with Gasteiger partial charge in [-0.05, 0) is 62.2 Å². The van der Waals surface area contributed by atoms with Crippen LogP contribution in [-0.2, 0) is 26.2 Å². The third kappa shape index (κ3) is 6.53. The highest BCUT2D eigenvalue weighted by Gasteiger charge is 2.32. The molecule has 1 N–H and O–H groups in total. The molecule has 3 aromatic carbocycles. The summed E-state index contributed by atoms with van der Waals surface area (Å²) in [5.74, 6) is -0.796. The molecule has 0 aliphatic heterocycles. The predicted molar refractivity (Wildman–Crippen MR) is 145 cm³/mol. The van der Waals surface area contributed by atoms with Crippen molar-refractivity contribution in [2.45, 2.75) is 38.3 Å². The van der Waals surface area contributed by atoms with Crippen LogP contribution < -0.4 is 9.62 Å². The molecule has 0 bridgehead atoms. The number of anilines is 1. The fourth-order valence-electron chi connectivity index (χ4n) is 3.76. The van der Waals surface area contributed by atoms with Crippen LogP contribution in [0.25, 0.3) is 0 Å². The molecule has 7 nitrogen and oxygen atoms in total. The van der Waals surface area contributed by atoms with Gasteiger partial charge in [-0.2, -0.15) is 0 Å². The maximum absolute atomic E-state index is 13.8. The Morgan fingerprint density at radius 3 is 2.28 bits per heavy atom. The van der Waals surface area contributed by atoms with Gasteiger partial charge in [0.2, 0.25) is 11.8 Å². The van der Waals surface area contributed by atoms with E-state index >= 15 is 0 Å². The van der Waals surface area contributed by atoms with Crippen LogP contribution in [0.1, 0.15) is 25.0 Å². The molecule has 0 heterocycles. The van der Waals surface area contributed by atoms with Gasteiger partial charge in [0.05, 0.1) is 10.6 Å². The van der Waals surface area contributed by atoms with Crippen molar-refractivity contribution in [3.8, 4) is 0 Å². The van der Waals surface area contributed by atoms with Crippen molar-refractivity contribution in [3.63, 3.8) is 0 Å². The van der Waals surface area contributed by atoms with Crippen LogP contribution in [0, 0.1) is 6.92 Å². The van der Waals surface area contributed by atoms with Gasteiger partial charge in [0.1, 0.15) is 12.6 Å². The van der Waals surface area contributed by atoms with Crippen molar-refractivity contribution in [1.82, 2.24) is 10.2 Å². The Labute approximate surface area is 221 Å². The van der Waals surface area contributed by atoms with E-state index in [0.717, 1.165) is 15.4 Å². The van der Waals surface area contributed by atoms with Gasteiger partial charge in [0.15, 0.2) is 0 Å². The van der Waals surface area contributed by atoms with Gasteiger partial charge in [0, 0.05) is 17.6 Å². The topological polar surface area (TPSA) is 86.8 Å². The number of sulfonamides is 1. The van der Waals surface area contributed by atoms with Crippen LogP contribution in [0.4, 0.5) is 5.69 Å². The van der Waals surface area contributed by atoms with Crippen LogP contribution in [-0.4, -0.2) is 44.3 Å². The first-order valence-electron chi connectivity index (χ1n) is 11.6. The van der Waals surface area contributed by atoms with Gasteiger partial charge in [0.25, 0.3) is 10.0 Å². The first-order valence-corrected chi connectivity index (χ1v) is 13.8. The number of nitrogens with zero attached hydrogens (tertiary/aromatic N) is 2. The number of hydrogen-bond acceptors (Lipinski definition) is 4. The molecule has 0 aliphatic carbocycles. The van der Waals surface area contributed by atoms with Crippen LogP contribution >= 0.6 is 15.9 Å². The lowest BCUT2D eigenvalue weighted by Gasteiger charge is -2.32. The Hall–Kier alpha value is -3.17. The third-order valence-electron chi connectivity index (χ3n) is 5.83. The molecule has 36 heavy (non-hydrogen) atoms. The van der Waals surface area contributed by atoms with E-state index in [9.17, 15) is 18.0 Å². The SMILES string of the molecule is CCNC(=O)[C@H](C)N(Cc1ccccc1C)C(=O)CN(c1cccc(Br)c1)S(=O)(=O)c1ccccc1. The number of aryl methyl sites for hydroxylation is 1. The van der Waals surface area contributed by atoms with E-state index in [4.69, 9.17) is 0 Å². The summed E-state index contributed by atoms with van der Waals surface area (Å²) in [4.78, 5) is 28.0. The number of rotatable bonds is 10. The minimum atomic E-state index is -4.07. The quantitative estimate of drug-likeness (QED) is 0.388. The van der Waals surface area contributed by atoms with E-state index in [0.29, 0.717) is 16.7 Å². The molecule has 3 aromatic rings. The largest absolute Gasteiger partial charge is 0.355 e. The van der Waals surface area contributed by atoms with Gasteiger partial charge < -0.3 is 10.2 Å². The van der Waals surface area contributed by atoms with Gasteiger partial charge in [-0.25, -0.2) is 8.42 Å². The Balaban J connectivity index is 2.03. The van der Waals surface area contributed by atoms with E-state index in [1.54, 1.807) is 56.3 Å². The second-order valence-corrected chi connectivity index (χ2v) is 11.1. The van der Waals surface area contributed by atoms with Crippen LogP contribution in [0.15, 0.2) is 88.2 Å². The summed E-state index contributed by atoms with van der Waals surface area (Å²) in [6, 6.07) is 21.5. The molecule has 190 valence electrons. The molecule has 9 heteroatoms. The summed E-state index contributed by atoms with van der Waals surface area (Å²) in [6.45, 7) is 5.51. The summed E-state index contributed by atoms with van der Waals surface area (Å²) < 4.78 is 29.1. The van der Waals surface area contributed by atoms with Gasteiger partial charge in [-0.15, -0.1) is 0 Å². The van der Waals surface area contributed by atoms with Crippen molar-refractivity contribution in [1.29, 1.82) is 0 Å². The van der Waals surface area contributed by atoms with E-state index < -0.39 is 28.5 Å². The van der Waals surface area contributed by atoms with Crippen molar-refractivity contribution < 1.29 is 18.0 Å². The number of carbonyl (C=O) groups is 2. The van der Waals surface area contributed by atoms with E-state index in [1.165, 1.54) is 17.0 Å². The van der Waals surface area contributed by atoms with Crippen LogP contribution in [0.5, 0.6) is 0 Å². The molecule has 0 saturated heterocycles. The molecular weight excluding hydrogens is 542 g/mol. The summed E-state index contributed by atoms with van der Waals surface area (Å²) in [6.07, 6.45) is 0. The lowest BCUT2D eigenvalue weighted by Crippen LogP contribution is -2.51. The van der Waals surface area contributed by atoms with Crippen molar-refractivity contribution in [2.24, 2.45) is 0 Å². The second-order valence-electron chi connectivity index (χ2n) is 8.32. The van der Waals surface area contributed by atoms with Gasteiger partial charge in [-0.1, -0.05) is 64.5 Å². The minimum absolute atomic E-state index is 0.0694. The van der Waals surface area contributed by atoms with Crippen molar-refractivity contribution in [3.05, 3.63) is 94.5 Å². The zero-order chi connectivity index (χ0) is 26.3. The lowest BCUT2D eigenvalue weighted by molar-refractivity contribution is -0.139. The Morgan fingerprint density at radius 1 is 0.972 bits per heavy atom. The van der Waals surface area contributed by atoms with Crippen molar-refractivity contribution in [2.75, 3.05) is 17.4 Å². The monoisotopic (exact) mass is 571 g/mol. The van der Waals surface area contributed by atoms with Crippen LogP contribution in [0.2, 0.25) is 0 Å². The standard InChI is InChI=1S/C27H30BrN3O4S/c1-4-29-27(33)21(3)30(18-22-12-9-8-11-20(22)2)26(32)19-31(24-14-10-13-23(28)17-24)36(34,35)25-15-6-5-7-16-25/h5-17,21H,4,18-19H2,1-3H3,(H,29,33)/t21-/m0/s1. The fourth-order valence-corrected chi connectivity index (χ4v) is 5.57. The number of nitrogens with one attached hydrogen (secondary N) is 1. The molecule has 0 fully saturated rings. The van der Waals surface area contributed by atoms with E-state index in [-0.39, 0.29) is 17.3 Å².